The van der Waals surface area contributed by atoms with Crippen LogP contribution in [0.15, 0.2) is 24.3 Å². The van der Waals surface area contributed by atoms with Crippen molar-refractivity contribution < 1.29 is 22.8 Å². The summed E-state index contributed by atoms with van der Waals surface area (Å²) in [6.45, 7) is 4.03. The molecule has 1 aliphatic rings. The Morgan fingerprint density at radius 3 is 2.39 bits per heavy atom. The molecule has 2 amide bonds. The third-order valence-corrected chi connectivity index (χ3v) is 4.81. The SMILES string of the molecule is CCCNCCNC(=O)C1CCC(=O)N(C)C1c1ccc(C(F)(F)F)cc1.Cl. The van der Waals surface area contributed by atoms with E-state index in [2.05, 4.69) is 17.6 Å². The quantitative estimate of drug-likeness (QED) is 0.665. The molecule has 2 atom stereocenters. The average Bonchev–Trinajstić information content (AvgIpc) is 2.63. The first-order chi connectivity index (χ1) is 12.8. The van der Waals surface area contributed by atoms with Gasteiger partial charge in [0.15, 0.2) is 0 Å². The number of nitrogens with zero attached hydrogens (tertiary/aromatic N) is 1. The molecule has 0 aliphatic carbocycles. The molecule has 1 aromatic carbocycles. The van der Waals surface area contributed by atoms with E-state index in [9.17, 15) is 22.8 Å². The van der Waals surface area contributed by atoms with Crippen LogP contribution in [0.4, 0.5) is 13.2 Å². The maximum absolute atomic E-state index is 12.8. The normalized spacial score (nSPS) is 19.9. The van der Waals surface area contributed by atoms with E-state index in [1.165, 1.54) is 17.0 Å². The van der Waals surface area contributed by atoms with E-state index >= 15 is 0 Å². The fraction of sp³-hybridized carbons (Fsp3) is 0.579. The van der Waals surface area contributed by atoms with Gasteiger partial charge in [-0.15, -0.1) is 12.4 Å². The zero-order valence-corrected chi connectivity index (χ0v) is 16.8. The standard InChI is InChI=1S/C19H26F3N3O2.ClH/c1-3-10-23-11-12-24-18(27)15-8-9-16(26)25(2)17(15)13-4-6-14(7-5-13)19(20,21)22;/h4-7,15,17,23H,3,8-12H2,1-2H3,(H,24,27);1H. The predicted octanol–water partition coefficient (Wildman–Crippen LogP) is 3.15. The Kier molecular flexibility index (Phi) is 9.23. The fourth-order valence-corrected chi connectivity index (χ4v) is 3.34. The van der Waals surface area contributed by atoms with Crippen molar-refractivity contribution in [2.24, 2.45) is 5.92 Å². The number of benzene rings is 1. The summed E-state index contributed by atoms with van der Waals surface area (Å²) in [6.07, 6.45) is -2.79. The largest absolute Gasteiger partial charge is 0.416 e. The van der Waals surface area contributed by atoms with Crippen LogP contribution in [-0.4, -0.2) is 43.4 Å². The van der Waals surface area contributed by atoms with Crippen LogP contribution in [0, 0.1) is 5.92 Å². The van der Waals surface area contributed by atoms with Gasteiger partial charge in [0.1, 0.15) is 0 Å². The molecule has 1 fully saturated rings. The molecule has 1 saturated heterocycles. The number of halogens is 4. The zero-order chi connectivity index (χ0) is 20.0. The van der Waals surface area contributed by atoms with Crippen molar-refractivity contribution in [2.45, 2.75) is 38.4 Å². The van der Waals surface area contributed by atoms with Crippen molar-refractivity contribution in [1.29, 1.82) is 0 Å². The molecule has 0 saturated carbocycles. The van der Waals surface area contributed by atoms with Gasteiger partial charge in [-0.05, 0) is 37.1 Å². The Hall–Kier alpha value is -1.80. The van der Waals surface area contributed by atoms with Crippen molar-refractivity contribution in [3.05, 3.63) is 35.4 Å². The van der Waals surface area contributed by atoms with Gasteiger partial charge < -0.3 is 15.5 Å². The minimum atomic E-state index is -4.42. The van der Waals surface area contributed by atoms with Crippen molar-refractivity contribution >= 4 is 24.2 Å². The third kappa shape index (κ3) is 6.10. The summed E-state index contributed by atoms with van der Waals surface area (Å²) in [5.41, 5.74) is -0.221. The molecule has 2 unspecified atom stereocenters. The van der Waals surface area contributed by atoms with Crippen LogP contribution >= 0.6 is 12.4 Å². The Morgan fingerprint density at radius 1 is 1.18 bits per heavy atom. The Labute approximate surface area is 169 Å². The number of carbonyl (C=O) groups excluding carboxylic acids is 2. The van der Waals surface area contributed by atoms with Gasteiger partial charge in [-0.25, -0.2) is 0 Å². The molecule has 1 heterocycles. The number of hydrogen-bond acceptors (Lipinski definition) is 3. The van der Waals surface area contributed by atoms with Gasteiger partial charge in [0.05, 0.1) is 17.5 Å². The maximum atomic E-state index is 12.8. The summed E-state index contributed by atoms with van der Waals surface area (Å²) in [5.74, 6) is -0.790. The number of alkyl halides is 3. The van der Waals surface area contributed by atoms with E-state index in [0.29, 0.717) is 25.1 Å². The predicted molar refractivity (Wildman–Crippen MR) is 103 cm³/mol. The Bertz CT molecular complexity index is 653. The van der Waals surface area contributed by atoms with E-state index in [1.54, 1.807) is 7.05 Å². The molecule has 0 spiro atoms. The Morgan fingerprint density at radius 2 is 1.82 bits per heavy atom. The van der Waals surface area contributed by atoms with Gasteiger partial charge in [-0.1, -0.05) is 19.1 Å². The topological polar surface area (TPSA) is 61.4 Å². The van der Waals surface area contributed by atoms with Gasteiger partial charge >= 0.3 is 6.18 Å². The van der Waals surface area contributed by atoms with E-state index in [0.717, 1.165) is 25.1 Å². The van der Waals surface area contributed by atoms with Crippen LogP contribution in [0.5, 0.6) is 0 Å². The molecule has 1 aromatic rings. The van der Waals surface area contributed by atoms with Crippen LogP contribution < -0.4 is 10.6 Å². The summed E-state index contributed by atoms with van der Waals surface area (Å²) < 4.78 is 38.4. The van der Waals surface area contributed by atoms with Crippen LogP contribution in [0.25, 0.3) is 0 Å². The highest BCUT2D eigenvalue weighted by Gasteiger charge is 2.39. The lowest BCUT2D eigenvalue weighted by Gasteiger charge is -2.38. The molecule has 2 N–H and O–H groups in total. The Balaban J connectivity index is 0.00000392. The number of amides is 2. The molecule has 2 rings (SSSR count). The van der Waals surface area contributed by atoms with Gasteiger partial charge in [0.25, 0.3) is 0 Å². The van der Waals surface area contributed by atoms with Crippen molar-refractivity contribution in [1.82, 2.24) is 15.5 Å². The van der Waals surface area contributed by atoms with Gasteiger partial charge in [-0.2, -0.15) is 13.2 Å². The van der Waals surface area contributed by atoms with Crippen LogP contribution in [0.1, 0.15) is 43.4 Å². The second-order valence-electron chi connectivity index (χ2n) is 6.76. The summed E-state index contributed by atoms with van der Waals surface area (Å²) in [7, 11) is 1.59. The van der Waals surface area contributed by atoms with E-state index in [-0.39, 0.29) is 30.6 Å². The molecule has 0 radical (unpaired) electrons. The van der Waals surface area contributed by atoms with Crippen molar-refractivity contribution in [2.75, 3.05) is 26.7 Å². The van der Waals surface area contributed by atoms with Gasteiger partial charge in [0, 0.05) is 26.6 Å². The molecule has 9 heteroatoms. The fourth-order valence-electron chi connectivity index (χ4n) is 3.34. The summed E-state index contributed by atoms with van der Waals surface area (Å²) in [5, 5.41) is 6.05. The number of likely N-dealkylation sites (tertiary alicyclic amines) is 1. The van der Waals surface area contributed by atoms with Gasteiger partial charge in [-0.3, -0.25) is 9.59 Å². The van der Waals surface area contributed by atoms with Crippen LogP contribution in [0.2, 0.25) is 0 Å². The minimum absolute atomic E-state index is 0. The van der Waals surface area contributed by atoms with Crippen molar-refractivity contribution in [3.8, 4) is 0 Å². The molecule has 0 bridgehead atoms. The number of nitrogens with one attached hydrogen (secondary N) is 2. The molecular formula is C19H27ClF3N3O2. The highest BCUT2D eigenvalue weighted by atomic mass is 35.5. The smallest absolute Gasteiger partial charge is 0.355 e. The van der Waals surface area contributed by atoms with Gasteiger partial charge in [0.2, 0.25) is 11.8 Å². The zero-order valence-electron chi connectivity index (χ0n) is 16.0. The van der Waals surface area contributed by atoms with Crippen LogP contribution in [-0.2, 0) is 15.8 Å². The number of piperidine rings is 1. The molecule has 1 aliphatic heterocycles. The number of hydrogen-bond donors (Lipinski definition) is 2. The lowest BCUT2D eigenvalue weighted by Crippen LogP contribution is -2.47. The average molecular weight is 422 g/mol. The first kappa shape index (κ1) is 24.2. The summed E-state index contributed by atoms with van der Waals surface area (Å²) >= 11 is 0. The number of carbonyl (C=O) groups is 2. The first-order valence-electron chi connectivity index (χ1n) is 9.17. The third-order valence-electron chi connectivity index (χ3n) is 4.81. The van der Waals surface area contributed by atoms with Crippen LogP contribution in [0.3, 0.4) is 0 Å². The van der Waals surface area contributed by atoms with E-state index in [1.807, 2.05) is 0 Å². The highest BCUT2D eigenvalue weighted by molar-refractivity contribution is 5.85. The summed E-state index contributed by atoms with van der Waals surface area (Å²) in [6, 6.07) is 4.12. The summed E-state index contributed by atoms with van der Waals surface area (Å²) in [4.78, 5) is 26.2. The molecular weight excluding hydrogens is 395 g/mol. The molecule has 0 aromatic heterocycles. The minimum Gasteiger partial charge on any atom is -0.355 e. The second kappa shape index (κ2) is 10.7. The maximum Gasteiger partial charge on any atom is 0.416 e. The molecule has 5 nitrogen and oxygen atoms in total. The molecule has 28 heavy (non-hydrogen) atoms. The van der Waals surface area contributed by atoms with Crippen molar-refractivity contribution in [3.63, 3.8) is 0 Å². The monoisotopic (exact) mass is 421 g/mol. The van der Waals surface area contributed by atoms with E-state index < -0.39 is 23.7 Å². The first-order valence-corrected chi connectivity index (χ1v) is 9.17. The van der Waals surface area contributed by atoms with E-state index in [4.69, 9.17) is 0 Å². The second-order valence-corrected chi connectivity index (χ2v) is 6.76. The highest BCUT2D eigenvalue weighted by Crippen LogP contribution is 2.37. The number of rotatable bonds is 7. The lowest BCUT2D eigenvalue weighted by atomic mass is 9.83. The molecule has 158 valence electrons. The lowest BCUT2D eigenvalue weighted by molar-refractivity contribution is -0.142.